The fraction of sp³-hybridized carbons (Fsp3) is 0.680. The number of carbonyl (C=O) groups excluding carboxylic acids is 2. The predicted octanol–water partition coefficient (Wildman–Crippen LogP) is 5.17. The molecule has 2 rings (SSSR count). The van der Waals surface area contributed by atoms with Gasteiger partial charge < -0.3 is 10.6 Å². The van der Waals surface area contributed by atoms with Gasteiger partial charge in [-0.3, -0.25) is 9.59 Å². The molecule has 1 aliphatic rings. The molecule has 0 saturated heterocycles. The first kappa shape index (κ1) is 23.4. The third kappa shape index (κ3) is 6.87. The van der Waals surface area contributed by atoms with Gasteiger partial charge in [0.15, 0.2) is 0 Å². The number of rotatable bonds is 8. The average molecular weight is 401 g/mol. The molecule has 2 N–H and O–H groups in total. The van der Waals surface area contributed by atoms with Gasteiger partial charge in [0.1, 0.15) is 0 Å². The quantitative estimate of drug-likeness (QED) is 0.632. The van der Waals surface area contributed by atoms with E-state index in [0.29, 0.717) is 12.3 Å². The van der Waals surface area contributed by atoms with E-state index in [-0.39, 0.29) is 35.2 Å². The fourth-order valence-electron chi connectivity index (χ4n) is 4.19. The van der Waals surface area contributed by atoms with E-state index in [9.17, 15) is 9.59 Å². The van der Waals surface area contributed by atoms with E-state index in [1.54, 1.807) is 0 Å². The monoisotopic (exact) mass is 400 g/mol. The number of nitrogens with one attached hydrogen (secondary N) is 2. The topological polar surface area (TPSA) is 58.2 Å². The second kappa shape index (κ2) is 10.3. The molecule has 0 radical (unpaired) electrons. The molecule has 0 spiro atoms. The zero-order chi connectivity index (χ0) is 21.6. The van der Waals surface area contributed by atoms with Crippen LogP contribution in [0.3, 0.4) is 0 Å². The fourth-order valence-corrected chi connectivity index (χ4v) is 4.19. The van der Waals surface area contributed by atoms with Crippen LogP contribution >= 0.6 is 0 Å². The highest BCUT2D eigenvalue weighted by molar-refractivity contribution is 5.79. The van der Waals surface area contributed by atoms with Gasteiger partial charge in [0.05, 0.1) is 6.04 Å². The van der Waals surface area contributed by atoms with Crippen LogP contribution in [-0.4, -0.2) is 17.4 Å². The Balaban J connectivity index is 2.05. The molecule has 0 aliphatic heterocycles. The molecule has 1 saturated carbocycles. The van der Waals surface area contributed by atoms with Gasteiger partial charge in [0.25, 0.3) is 0 Å². The van der Waals surface area contributed by atoms with Crippen molar-refractivity contribution in [1.82, 2.24) is 10.6 Å². The van der Waals surface area contributed by atoms with Crippen LogP contribution in [0, 0.1) is 17.8 Å². The Bertz CT molecular complexity index is 690. The van der Waals surface area contributed by atoms with Crippen molar-refractivity contribution < 1.29 is 9.59 Å². The molecule has 0 heterocycles. The van der Waals surface area contributed by atoms with E-state index in [2.05, 4.69) is 49.6 Å². The first-order chi connectivity index (χ1) is 13.6. The van der Waals surface area contributed by atoms with Crippen LogP contribution in [0.5, 0.6) is 0 Å². The normalized spacial score (nSPS) is 18.3. The Kier molecular flexibility index (Phi) is 8.30. The summed E-state index contributed by atoms with van der Waals surface area (Å²) >= 11 is 0. The van der Waals surface area contributed by atoms with Gasteiger partial charge in [-0.1, -0.05) is 78.1 Å². The summed E-state index contributed by atoms with van der Waals surface area (Å²) in [7, 11) is 0. The maximum atomic E-state index is 12.8. The summed E-state index contributed by atoms with van der Waals surface area (Å²) in [6, 6.07) is 8.32. The molecule has 1 aromatic rings. The minimum atomic E-state index is -0.0771. The molecule has 1 aliphatic carbocycles. The first-order valence-electron chi connectivity index (χ1n) is 11.3. The molecular formula is C25H40N2O2. The highest BCUT2D eigenvalue weighted by Crippen LogP contribution is 2.28. The highest BCUT2D eigenvalue weighted by Gasteiger charge is 2.30. The van der Waals surface area contributed by atoms with Crippen molar-refractivity contribution in [2.24, 2.45) is 17.8 Å². The van der Waals surface area contributed by atoms with Crippen molar-refractivity contribution >= 4 is 11.8 Å². The lowest BCUT2D eigenvalue weighted by molar-refractivity contribution is -0.127. The molecule has 4 nitrogen and oxygen atoms in total. The van der Waals surface area contributed by atoms with Crippen molar-refractivity contribution in [3.05, 3.63) is 35.4 Å². The molecule has 0 aromatic heterocycles. The summed E-state index contributed by atoms with van der Waals surface area (Å²) in [5.74, 6) is 0.395. The van der Waals surface area contributed by atoms with E-state index in [4.69, 9.17) is 0 Å². The Morgan fingerprint density at radius 2 is 1.66 bits per heavy atom. The number of carbonyl (C=O) groups is 2. The van der Waals surface area contributed by atoms with Crippen LogP contribution in [0.2, 0.25) is 0 Å². The molecule has 29 heavy (non-hydrogen) atoms. The maximum Gasteiger partial charge on any atom is 0.223 e. The van der Waals surface area contributed by atoms with Crippen molar-refractivity contribution in [2.75, 3.05) is 0 Å². The second-order valence-electron chi connectivity index (χ2n) is 9.85. The van der Waals surface area contributed by atoms with E-state index < -0.39 is 0 Å². The standard InChI is InChI=1S/C25H40N2O2/c1-17(2)22(26-23(28)18(3)4)21-12-10-11-20(16-21)15-19(5)24(29)27-25(6)13-8-7-9-14-25/h10-12,16-19,22H,7-9,13-15H2,1-6H3,(H,26,28)(H,27,29). The third-order valence-corrected chi connectivity index (χ3v) is 6.17. The predicted molar refractivity (Wildman–Crippen MR) is 120 cm³/mol. The van der Waals surface area contributed by atoms with E-state index in [1.807, 2.05) is 26.8 Å². The molecule has 2 amide bonds. The van der Waals surface area contributed by atoms with Crippen LogP contribution in [0.4, 0.5) is 0 Å². The van der Waals surface area contributed by atoms with Gasteiger partial charge in [-0.15, -0.1) is 0 Å². The Morgan fingerprint density at radius 3 is 2.24 bits per heavy atom. The van der Waals surface area contributed by atoms with Gasteiger partial charge in [0, 0.05) is 17.4 Å². The highest BCUT2D eigenvalue weighted by atomic mass is 16.2. The van der Waals surface area contributed by atoms with Crippen LogP contribution in [0.1, 0.15) is 90.8 Å². The smallest absolute Gasteiger partial charge is 0.223 e. The summed E-state index contributed by atoms with van der Waals surface area (Å²) in [6.45, 7) is 12.3. The number of benzene rings is 1. The molecule has 2 unspecified atom stereocenters. The van der Waals surface area contributed by atoms with Crippen LogP contribution in [0.25, 0.3) is 0 Å². The van der Waals surface area contributed by atoms with Crippen molar-refractivity contribution in [3.8, 4) is 0 Å². The van der Waals surface area contributed by atoms with Gasteiger partial charge in [0.2, 0.25) is 11.8 Å². The van der Waals surface area contributed by atoms with Crippen LogP contribution in [0.15, 0.2) is 24.3 Å². The number of amides is 2. The van der Waals surface area contributed by atoms with E-state index in [1.165, 1.54) is 19.3 Å². The van der Waals surface area contributed by atoms with Crippen molar-refractivity contribution in [1.29, 1.82) is 0 Å². The molecule has 4 heteroatoms. The summed E-state index contributed by atoms with van der Waals surface area (Å²) in [5.41, 5.74) is 2.21. The average Bonchev–Trinajstić information content (AvgIpc) is 2.65. The molecule has 1 fully saturated rings. The molecule has 162 valence electrons. The molecule has 1 aromatic carbocycles. The largest absolute Gasteiger partial charge is 0.351 e. The molecular weight excluding hydrogens is 360 g/mol. The molecule has 0 bridgehead atoms. The summed E-state index contributed by atoms with van der Waals surface area (Å²) in [4.78, 5) is 25.0. The summed E-state index contributed by atoms with van der Waals surface area (Å²) in [6.07, 6.45) is 6.54. The summed E-state index contributed by atoms with van der Waals surface area (Å²) < 4.78 is 0. The maximum absolute atomic E-state index is 12.8. The van der Waals surface area contributed by atoms with Gasteiger partial charge >= 0.3 is 0 Å². The van der Waals surface area contributed by atoms with Crippen LogP contribution in [-0.2, 0) is 16.0 Å². The Labute approximate surface area is 177 Å². The van der Waals surface area contributed by atoms with E-state index >= 15 is 0 Å². The zero-order valence-corrected chi connectivity index (χ0v) is 19.2. The Morgan fingerprint density at radius 1 is 1.00 bits per heavy atom. The van der Waals surface area contributed by atoms with Crippen LogP contribution < -0.4 is 10.6 Å². The summed E-state index contributed by atoms with van der Waals surface area (Å²) in [5, 5.41) is 6.49. The number of hydrogen-bond acceptors (Lipinski definition) is 2. The lowest BCUT2D eigenvalue weighted by atomic mass is 9.83. The second-order valence-corrected chi connectivity index (χ2v) is 9.85. The van der Waals surface area contributed by atoms with Gasteiger partial charge in [-0.2, -0.15) is 0 Å². The lowest BCUT2D eigenvalue weighted by Gasteiger charge is -2.35. The minimum absolute atomic E-state index is 0.0184. The van der Waals surface area contributed by atoms with E-state index in [0.717, 1.165) is 24.0 Å². The third-order valence-electron chi connectivity index (χ3n) is 6.17. The first-order valence-corrected chi connectivity index (χ1v) is 11.3. The van der Waals surface area contributed by atoms with Crippen molar-refractivity contribution in [2.45, 2.75) is 91.6 Å². The Hall–Kier alpha value is -1.84. The van der Waals surface area contributed by atoms with Gasteiger partial charge in [-0.25, -0.2) is 0 Å². The zero-order valence-electron chi connectivity index (χ0n) is 19.2. The van der Waals surface area contributed by atoms with Crippen molar-refractivity contribution in [3.63, 3.8) is 0 Å². The molecule has 2 atom stereocenters. The minimum Gasteiger partial charge on any atom is -0.351 e. The lowest BCUT2D eigenvalue weighted by Crippen LogP contribution is -2.49. The number of hydrogen-bond donors (Lipinski definition) is 2. The SMILES string of the molecule is CC(C)C(=O)NC(c1cccc(CC(C)C(=O)NC2(C)CCCCC2)c1)C(C)C. The van der Waals surface area contributed by atoms with Gasteiger partial charge in [-0.05, 0) is 43.2 Å².